The summed E-state index contributed by atoms with van der Waals surface area (Å²) in [6, 6.07) is 1.69. The highest BCUT2D eigenvalue weighted by atomic mass is 16.5. The Morgan fingerprint density at radius 3 is 2.24 bits per heavy atom. The van der Waals surface area contributed by atoms with Crippen molar-refractivity contribution in [1.29, 1.82) is 0 Å². The van der Waals surface area contributed by atoms with Crippen molar-refractivity contribution in [2.75, 3.05) is 26.3 Å². The molecule has 3 aliphatic heterocycles. The number of hydrogen-bond donors (Lipinski definition) is 2. The molecule has 2 N–H and O–H groups in total. The van der Waals surface area contributed by atoms with E-state index in [1.807, 2.05) is 0 Å². The Labute approximate surface area is 130 Å². The van der Waals surface area contributed by atoms with Crippen LogP contribution in [0.25, 0.3) is 0 Å². The van der Waals surface area contributed by atoms with Crippen molar-refractivity contribution in [3.63, 3.8) is 0 Å². The number of nitrogens with one attached hydrogen (secondary N) is 2. The van der Waals surface area contributed by atoms with E-state index in [0.29, 0.717) is 18.1 Å². The lowest BCUT2D eigenvalue weighted by molar-refractivity contribution is 0.128. The third-order valence-corrected chi connectivity index (χ3v) is 5.30. The zero-order valence-electron chi connectivity index (χ0n) is 14.2. The van der Waals surface area contributed by atoms with Crippen LogP contribution >= 0.6 is 0 Å². The molecule has 0 unspecified atom stereocenters. The molecule has 3 fully saturated rings. The molecule has 3 heterocycles. The molecular weight excluding hydrogens is 262 g/mol. The van der Waals surface area contributed by atoms with E-state index in [0.717, 1.165) is 13.2 Å². The van der Waals surface area contributed by atoms with E-state index in [9.17, 15) is 0 Å². The second kappa shape index (κ2) is 5.80. The average Bonchev–Trinajstić information content (AvgIpc) is 2.93. The highest BCUT2D eigenvalue weighted by molar-refractivity contribution is 5.02. The molecule has 21 heavy (non-hydrogen) atoms. The number of rotatable bonds is 3. The molecule has 4 nitrogen and oxygen atoms in total. The SMILES string of the molecule is CC1(C)CC(N[C@H]2COC[C@@H]2N2CCCC2)CC(C)(C)N1. The molecule has 122 valence electrons. The largest absolute Gasteiger partial charge is 0.378 e. The number of likely N-dealkylation sites (tertiary alicyclic amines) is 1. The van der Waals surface area contributed by atoms with Gasteiger partial charge in [-0.15, -0.1) is 0 Å². The van der Waals surface area contributed by atoms with Gasteiger partial charge in [0.2, 0.25) is 0 Å². The van der Waals surface area contributed by atoms with Crippen molar-refractivity contribution >= 4 is 0 Å². The third kappa shape index (κ3) is 3.79. The fourth-order valence-corrected chi connectivity index (χ4v) is 4.88. The first-order valence-electron chi connectivity index (χ1n) is 8.72. The van der Waals surface area contributed by atoms with Crippen LogP contribution in [0.15, 0.2) is 0 Å². The van der Waals surface area contributed by atoms with Gasteiger partial charge in [-0.05, 0) is 66.5 Å². The first-order chi connectivity index (χ1) is 9.85. The third-order valence-electron chi connectivity index (χ3n) is 5.30. The number of piperidine rings is 1. The maximum Gasteiger partial charge on any atom is 0.0638 e. The lowest BCUT2D eigenvalue weighted by Gasteiger charge is -2.47. The van der Waals surface area contributed by atoms with Gasteiger partial charge in [-0.3, -0.25) is 4.90 Å². The first-order valence-corrected chi connectivity index (χ1v) is 8.72. The number of ether oxygens (including phenoxy) is 1. The highest BCUT2D eigenvalue weighted by Gasteiger charge is 2.41. The quantitative estimate of drug-likeness (QED) is 0.832. The molecule has 0 radical (unpaired) electrons. The van der Waals surface area contributed by atoms with Crippen molar-refractivity contribution in [2.24, 2.45) is 0 Å². The lowest BCUT2D eigenvalue weighted by atomic mass is 9.79. The summed E-state index contributed by atoms with van der Waals surface area (Å²) in [6.07, 6.45) is 5.10. The van der Waals surface area contributed by atoms with Gasteiger partial charge in [-0.1, -0.05) is 0 Å². The summed E-state index contributed by atoms with van der Waals surface area (Å²) >= 11 is 0. The average molecular weight is 295 g/mol. The Morgan fingerprint density at radius 2 is 1.62 bits per heavy atom. The van der Waals surface area contributed by atoms with E-state index in [4.69, 9.17) is 4.74 Å². The summed E-state index contributed by atoms with van der Waals surface area (Å²) < 4.78 is 5.81. The Balaban J connectivity index is 1.62. The van der Waals surface area contributed by atoms with Crippen molar-refractivity contribution in [1.82, 2.24) is 15.5 Å². The van der Waals surface area contributed by atoms with E-state index in [1.165, 1.54) is 38.8 Å². The molecule has 0 saturated carbocycles. The maximum absolute atomic E-state index is 5.81. The molecule has 3 saturated heterocycles. The minimum absolute atomic E-state index is 0.210. The van der Waals surface area contributed by atoms with E-state index in [1.54, 1.807) is 0 Å². The normalized spacial score (nSPS) is 37.1. The molecule has 3 rings (SSSR count). The maximum atomic E-state index is 5.81. The summed E-state index contributed by atoms with van der Waals surface area (Å²) in [7, 11) is 0. The van der Waals surface area contributed by atoms with Crippen LogP contribution in [0.2, 0.25) is 0 Å². The molecule has 0 aromatic heterocycles. The van der Waals surface area contributed by atoms with Gasteiger partial charge in [0, 0.05) is 23.2 Å². The second-order valence-electron chi connectivity index (χ2n) is 8.62. The van der Waals surface area contributed by atoms with Crippen molar-refractivity contribution < 1.29 is 4.74 Å². The van der Waals surface area contributed by atoms with Gasteiger partial charge >= 0.3 is 0 Å². The monoisotopic (exact) mass is 295 g/mol. The Morgan fingerprint density at radius 1 is 1.00 bits per heavy atom. The lowest BCUT2D eigenvalue weighted by Crippen LogP contribution is -2.63. The molecule has 0 bridgehead atoms. The van der Waals surface area contributed by atoms with Crippen molar-refractivity contribution in [3.05, 3.63) is 0 Å². The van der Waals surface area contributed by atoms with E-state index >= 15 is 0 Å². The van der Waals surface area contributed by atoms with E-state index in [2.05, 4.69) is 43.2 Å². The fraction of sp³-hybridized carbons (Fsp3) is 1.00. The predicted molar refractivity (Wildman–Crippen MR) is 86.7 cm³/mol. The Kier molecular flexibility index (Phi) is 4.34. The van der Waals surface area contributed by atoms with Crippen LogP contribution in [0.1, 0.15) is 53.4 Å². The zero-order valence-corrected chi connectivity index (χ0v) is 14.2. The van der Waals surface area contributed by atoms with E-state index < -0.39 is 0 Å². The standard InChI is InChI=1S/C17H33N3O/c1-16(2)9-13(10-17(3,4)19-16)18-14-11-21-12-15(14)20-7-5-6-8-20/h13-15,18-19H,5-12H2,1-4H3/t14-,15-/m0/s1. The molecule has 0 aliphatic carbocycles. The molecule has 3 aliphatic rings. The topological polar surface area (TPSA) is 36.5 Å². The predicted octanol–water partition coefficient (Wildman–Crippen LogP) is 1.75. The molecular formula is C17H33N3O. The number of hydrogen-bond acceptors (Lipinski definition) is 4. The minimum atomic E-state index is 0.210. The highest BCUT2D eigenvalue weighted by Crippen LogP contribution is 2.30. The van der Waals surface area contributed by atoms with Crippen LogP contribution in [-0.2, 0) is 4.74 Å². The van der Waals surface area contributed by atoms with Gasteiger partial charge in [0.1, 0.15) is 0 Å². The van der Waals surface area contributed by atoms with Gasteiger partial charge in [-0.25, -0.2) is 0 Å². The van der Waals surface area contributed by atoms with Gasteiger partial charge in [0.15, 0.2) is 0 Å². The van der Waals surface area contributed by atoms with Crippen LogP contribution in [0.4, 0.5) is 0 Å². The second-order valence-corrected chi connectivity index (χ2v) is 8.62. The molecule has 0 aromatic carbocycles. The van der Waals surface area contributed by atoms with Gasteiger partial charge in [0.05, 0.1) is 19.3 Å². The molecule has 4 heteroatoms. The summed E-state index contributed by atoms with van der Waals surface area (Å²) in [6.45, 7) is 13.6. The molecule has 0 spiro atoms. The fourth-order valence-electron chi connectivity index (χ4n) is 4.88. The summed E-state index contributed by atoms with van der Waals surface area (Å²) in [5.41, 5.74) is 0.421. The molecule has 0 amide bonds. The van der Waals surface area contributed by atoms with Crippen LogP contribution in [0.5, 0.6) is 0 Å². The summed E-state index contributed by atoms with van der Waals surface area (Å²) in [4.78, 5) is 2.64. The minimum Gasteiger partial charge on any atom is -0.378 e. The summed E-state index contributed by atoms with van der Waals surface area (Å²) in [5.74, 6) is 0. The van der Waals surface area contributed by atoms with Crippen molar-refractivity contribution in [3.8, 4) is 0 Å². The Bertz CT molecular complexity index is 347. The molecule has 0 aromatic rings. The Hall–Kier alpha value is -0.160. The van der Waals surface area contributed by atoms with Crippen LogP contribution in [-0.4, -0.2) is 60.4 Å². The smallest absolute Gasteiger partial charge is 0.0638 e. The van der Waals surface area contributed by atoms with Crippen LogP contribution < -0.4 is 10.6 Å². The zero-order chi connectivity index (χ0) is 15.1. The van der Waals surface area contributed by atoms with Crippen LogP contribution in [0, 0.1) is 0 Å². The van der Waals surface area contributed by atoms with Crippen LogP contribution in [0.3, 0.4) is 0 Å². The summed E-state index contributed by atoms with van der Waals surface area (Å²) in [5, 5.41) is 7.72. The first kappa shape index (κ1) is 15.7. The number of nitrogens with zero attached hydrogens (tertiary/aromatic N) is 1. The van der Waals surface area contributed by atoms with Crippen molar-refractivity contribution in [2.45, 2.75) is 82.6 Å². The van der Waals surface area contributed by atoms with Gasteiger partial charge in [0.25, 0.3) is 0 Å². The van der Waals surface area contributed by atoms with Gasteiger partial charge in [-0.2, -0.15) is 0 Å². The van der Waals surface area contributed by atoms with E-state index in [-0.39, 0.29) is 11.1 Å². The van der Waals surface area contributed by atoms with Gasteiger partial charge < -0.3 is 15.4 Å². The molecule has 2 atom stereocenters.